The van der Waals surface area contributed by atoms with Gasteiger partial charge >= 0.3 is 6.18 Å². The van der Waals surface area contributed by atoms with Crippen LogP contribution in [0.1, 0.15) is 38.7 Å². The number of anilines is 1. The van der Waals surface area contributed by atoms with Gasteiger partial charge in [0.05, 0.1) is 11.2 Å². The standard InChI is InChI=1S/C15H20F3NO/c1-3-14(2)10-13(8-9-20-14)19-12-6-4-11(5-7-12)15(16,17)18/h4-7,13,19H,3,8-10H2,1-2H3. The van der Waals surface area contributed by atoms with Crippen molar-refractivity contribution in [3.05, 3.63) is 29.8 Å². The van der Waals surface area contributed by atoms with E-state index in [1.165, 1.54) is 12.1 Å². The Morgan fingerprint density at radius 2 is 1.95 bits per heavy atom. The van der Waals surface area contributed by atoms with Crippen LogP contribution in [0.15, 0.2) is 24.3 Å². The summed E-state index contributed by atoms with van der Waals surface area (Å²) in [7, 11) is 0. The molecule has 0 aromatic heterocycles. The molecule has 1 heterocycles. The third-order valence-corrected chi connectivity index (χ3v) is 3.93. The summed E-state index contributed by atoms with van der Waals surface area (Å²) < 4.78 is 43.2. The molecule has 112 valence electrons. The summed E-state index contributed by atoms with van der Waals surface area (Å²) in [5, 5.41) is 3.30. The molecule has 5 heteroatoms. The minimum atomic E-state index is -4.28. The lowest BCUT2D eigenvalue weighted by Gasteiger charge is -2.38. The quantitative estimate of drug-likeness (QED) is 0.886. The van der Waals surface area contributed by atoms with Crippen molar-refractivity contribution in [2.24, 2.45) is 0 Å². The smallest absolute Gasteiger partial charge is 0.382 e. The third kappa shape index (κ3) is 3.66. The van der Waals surface area contributed by atoms with Gasteiger partial charge in [-0.05, 0) is 50.5 Å². The Morgan fingerprint density at radius 3 is 2.50 bits per heavy atom. The van der Waals surface area contributed by atoms with Gasteiger partial charge in [0, 0.05) is 18.3 Å². The first kappa shape index (κ1) is 15.2. The highest BCUT2D eigenvalue weighted by atomic mass is 19.4. The van der Waals surface area contributed by atoms with Gasteiger partial charge in [0.2, 0.25) is 0 Å². The van der Waals surface area contributed by atoms with E-state index in [4.69, 9.17) is 4.74 Å². The first-order chi connectivity index (χ1) is 9.32. The average Bonchev–Trinajstić information content (AvgIpc) is 2.38. The van der Waals surface area contributed by atoms with Gasteiger partial charge in [0.1, 0.15) is 0 Å². The van der Waals surface area contributed by atoms with Crippen LogP contribution >= 0.6 is 0 Å². The molecular weight excluding hydrogens is 267 g/mol. The predicted octanol–water partition coefficient (Wildman–Crippen LogP) is 4.47. The number of ether oxygens (including phenoxy) is 1. The van der Waals surface area contributed by atoms with Crippen LogP contribution in [0, 0.1) is 0 Å². The Kier molecular flexibility index (Phi) is 4.28. The maximum absolute atomic E-state index is 12.5. The average molecular weight is 287 g/mol. The molecule has 0 saturated carbocycles. The Bertz CT molecular complexity index is 443. The zero-order valence-electron chi connectivity index (χ0n) is 11.8. The maximum atomic E-state index is 12.5. The van der Waals surface area contributed by atoms with Crippen molar-refractivity contribution in [2.45, 2.75) is 50.9 Å². The van der Waals surface area contributed by atoms with E-state index in [1.807, 2.05) is 0 Å². The third-order valence-electron chi connectivity index (χ3n) is 3.93. The van der Waals surface area contributed by atoms with Gasteiger partial charge in [-0.1, -0.05) is 6.92 Å². The predicted molar refractivity (Wildman–Crippen MR) is 72.7 cm³/mol. The van der Waals surface area contributed by atoms with Gasteiger partial charge in [-0.25, -0.2) is 0 Å². The van der Waals surface area contributed by atoms with Crippen LogP contribution < -0.4 is 5.32 Å². The second-order valence-electron chi connectivity index (χ2n) is 5.56. The lowest BCUT2D eigenvalue weighted by Crippen LogP contribution is -2.41. The van der Waals surface area contributed by atoms with Crippen LogP contribution in [0.3, 0.4) is 0 Å². The summed E-state index contributed by atoms with van der Waals surface area (Å²) in [6.45, 7) is 4.84. The van der Waals surface area contributed by atoms with E-state index in [2.05, 4.69) is 19.2 Å². The molecule has 0 bridgehead atoms. The van der Waals surface area contributed by atoms with Crippen LogP contribution in [-0.2, 0) is 10.9 Å². The van der Waals surface area contributed by atoms with E-state index >= 15 is 0 Å². The van der Waals surface area contributed by atoms with Crippen LogP contribution in [0.25, 0.3) is 0 Å². The van der Waals surface area contributed by atoms with E-state index in [0.717, 1.165) is 37.1 Å². The molecular formula is C15H20F3NO. The summed E-state index contributed by atoms with van der Waals surface area (Å²) in [4.78, 5) is 0. The highest BCUT2D eigenvalue weighted by Crippen LogP contribution is 2.32. The molecule has 0 aliphatic carbocycles. The van der Waals surface area contributed by atoms with Crippen LogP contribution in [0.2, 0.25) is 0 Å². The number of nitrogens with one attached hydrogen (secondary N) is 1. The normalized spacial score (nSPS) is 27.4. The number of rotatable bonds is 3. The van der Waals surface area contributed by atoms with Crippen LogP contribution in [0.4, 0.5) is 18.9 Å². The zero-order chi connectivity index (χ0) is 14.8. The molecule has 0 radical (unpaired) electrons. The van der Waals surface area contributed by atoms with Gasteiger partial charge in [-0.3, -0.25) is 0 Å². The molecule has 1 aromatic carbocycles. The van der Waals surface area contributed by atoms with Gasteiger partial charge in [-0.15, -0.1) is 0 Å². The summed E-state index contributed by atoms with van der Waals surface area (Å²) in [6.07, 6.45) is -1.61. The molecule has 2 nitrogen and oxygen atoms in total. The molecule has 0 amide bonds. The Morgan fingerprint density at radius 1 is 1.30 bits per heavy atom. The number of halogens is 3. The van der Waals surface area contributed by atoms with Crippen molar-refractivity contribution in [2.75, 3.05) is 11.9 Å². The van der Waals surface area contributed by atoms with Crippen LogP contribution in [-0.4, -0.2) is 18.2 Å². The molecule has 20 heavy (non-hydrogen) atoms. The lowest BCUT2D eigenvalue weighted by molar-refractivity contribution is -0.137. The number of hydrogen-bond acceptors (Lipinski definition) is 2. The summed E-state index contributed by atoms with van der Waals surface area (Å²) in [6, 6.07) is 5.44. The molecule has 2 atom stereocenters. The molecule has 2 rings (SSSR count). The second-order valence-corrected chi connectivity index (χ2v) is 5.56. The Labute approximate surface area is 117 Å². The lowest BCUT2D eigenvalue weighted by atomic mass is 9.90. The van der Waals surface area contributed by atoms with Gasteiger partial charge in [0.15, 0.2) is 0 Å². The summed E-state index contributed by atoms with van der Waals surface area (Å²) in [5.41, 5.74) is -0.0289. The fourth-order valence-electron chi connectivity index (χ4n) is 2.49. The largest absolute Gasteiger partial charge is 0.416 e. The van der Waals surface area contributed by atoms with Crippen molar-refractivity contribution in [1.29, 1.82) is 0 Å². The van der Waals surface area contributed by atoms with E-state index in [0.29, 0.717) is 6.61 Å². The SMILES string of the molecule is CCC1(C)CC(Nc2ccc(C(F)(F)F)cc2)CCO1. The minimum absolute atomic E-state index is 0.137. The second kappa shape index (κ2) is 5.64. The first-order valence-electron chi connectivity index (χ1n) is 6.90. The Hall–Kier alpha value is -1.23. The van der Waals surface area contributed by atoms with E-state index in [-0.39, 0.29) is 11.6 Å². The first-order valence-corrected chi connectivity index (χ1v) is 6.90. The molecule has 2 unspecified atom stereocenters. The molecule has 0 spiro atoms. The molecule has 1 saturated heterocycles. The molecule has 1 aromatic rings. The molecule has 1 fully saturated rings. The summed E-state index contributed by atoms with van der Waals surface area (Å²) in [5.74, 6) is 0. The topological polar surface area (TPSA) is 21.3 Å². The fraction of sp³-hybridized carbons (Fsp3) is 0.600. The van der Waals surface area contributed by atoms with Crippen molar-refractivity contribution in [3.63, 3.8) is 0 Å². The number of hydrogen-bond donors (Lipinski definition) is 1. The van der Waals surface area contributed by atoms with Gasteiger partial charge in [0.25, 0.3) is 0 Å². The van der Waals surface area contributed by atoms with E-state index < -0.39 is 11.7 Å². The monoisotopic (exact) mass is 287 g/mol. The van der Waals surface area contributed by atoms with Crippen LogP contribution in [0.5, 0.6) is 0 Å². The number of alkyl halides is 3. The zero-order valence-corrected chi connectivity index (χ0v) is 11.8. The highest BCUT2D eigenvalue weighted by Gasteiger charge is 2.32. The molecule has 1 N–H and O–H groups in total. The number of benzene rings is 1. The molecule has 1 aliphatic rings. The van der Waals surface area contributed by atoms with Gasteiger partial charge in [-0.2, -0.15) is 13.2 Å². The summed E-state index contributed by atoms with van der Waals surface area (Å²) >= 11 is 0. The minimum Gasteiger partial charge on any atom is -0.382 e. The van der Waals surface area contributed by atoms with E-state index in [9.17, 15) is 13.2 Å². The van der Waals surface area contributed by atoms with Crippen molar-refractivity contribution in [3.8, 4) is 0 Å². The van der Waals surface area contributed by atoms with Crippen molar-refractivity contribution in [1.82, 2.24) is 0 Å². The van der Waals surface area contributed by atoms with Crippen molar-refractivity contribution >= 4 is 5.69 Å². The maximum Gasteiger partial charge on any atom is 0.416 e. The van der Waals surface area contributed by atoms with Crippen molar-refractivity contribution < 1.29 is 17.9 Å². The highest BCUT2D eigenvalue weighted by molar-refractivity contribution is 5.46. The Balaban J connectivity index is 2.00. The van der Waals surface area contributed by atoms with E-state index in [1.54, 1.807) is 0 Å². The fourth-order valence-corrected chi connectivity index (χ4v) is 2.49. The van der Waals surface area contributed by atoms with Gasteiger partial charge < -0.3 is 10.1 Å². The molecule has 1 aliphatic heterocycles.